The van der Waals surface area contributed by atoms with Crippen LogP contribution in [-0.4, -0.2) is 12.5 Å². The van der Waals surface area contributed by atoms with Crippen molar-refractivity contribution in [1.82, 2.24) is 5.32 Å². The Morgan fingerprint density at radius 2 is 1.96 bits per heavy atom. The van der Waals surface area contributed by atoms with Gasteiger partial charge in [-0.2, -0.15) is 5.26 Å². The van der Waals surface area contributed by atoms with Gasteiger partial charge in [0.05, 0.1) is 11.1 Å². The monoisotopic (exact) mass is 352 g/mol. The van der Waals surface area contributed by atoms with Crippen molar-refractivity contribution in [2.45, 2.75) is 6.04 Å². The highest BCUT2D eigenvalue weighted by Crippen LogP contribution is 2.27. The van der Waals surface area contributed by atoms with E-state index in [9.17, 15) is 9.18 Å². The molecule has 1 atom stereocenters. The van der Waals surface area contributed by atoms with Crippen molar-refractivity contribution in [1.29, 1.82) is 5.26 Å². The van der Waals surface area contributed by atoms with Crippen molar-refractivity contribution < 1.29 is 13.9 Å². The summed E-state index contributed by atoms with van der Waals surface area (Å²) in [7, 11) is 0. The molecule has 2 aromatic carbocycles. The van der Waals surface area contributed by atoms with E-state index in [1.165, 1.54) is 30.3 Å². The van der Waals surface area contributed by atoms with Crippen molar-refractivity contribution >= 4 is 29.1 Å². The predicted octanol–water partition coefficient (Wildman–Crippen LogP) is 3.89. The average molecular weight is 353 g/mol. The van der Waals surface area contributed by atoms with Gasteiger partial charge in [-0.3, -0.25) is 4.79 Å². The summed E-state index contributed by atoms with van der Waals surface area (Å²) in [4.78, 5) is 11.9. The number of nitrogens with one attached hydrogen (secondary N) is 1. The van der Waals surface area contributed by atoms with Gasteiger partial charge in [0, 0.05) is 5.02 Å². The first-order valence-corrected chi connectivity index (χ1v) is 7.27. The van der Waals surface area contributed by atoms with Crippen LogP contribution in [0.3, 0.4) is 0 Å². The number of rotatable bonds is 5. The molecule has 0 heterocycles. The summed E-state index contributed by atoms with van der Waals surface area (Å²) < 4.78 is 18.2. The molecule has 0 bridgehead atoms. The summed E-state index contributed by atoms with van der Waals surface area (Å²) in [5.41, 5.74) is 0.478. The van der Waals surface area contributed by atoms with Crippen LogP contribution in [0.2, 0.25) is 10.0 Å². The first-order chi connectivity index (χ1) is 11.0. The molecule has 0 aromatic heterocycles. The molecule has 0 aliphatic rings. The van der Waals surface area contributed by atoms with Gasteiger partial charge in [-0.1, -0.05) is 35.3 Å². The molecule has 2 rings (SSSR count). The Balaban J connectivity index is 1.95. The van der Waals surface area contributed by atoms with Gasteiger partial charge in [0.1, 0.15) is 17.6 Å². The second kappa shape index (κ2) is 7.82. The number of benzene rings is 2. The molecule has 0 unspecified atom stereocenters. The topological polar surface area (TPSA) is 62.1 Å². The molecule has 0 fully saturated rings. The minimum atomic E-state index is -0.896. The molecule has 0 radical (unpaired) electrons. The molecule has 118 valence electrons. The zero-order valence-corrected chi connectivity index (χ0v) is 13.2. The van der Waals surface area contributed by atoms with E-state index in [1.807, 2.05) is 6.07 Å². The van der Waals surface area contributed by atoms with E-state index < -0.39 is 17.8 Å². The fourth-order valence-electron chi connectivity index (χ4n) is 1.78. The number of hydrogen-bond donors (Lipinski definition) is 1. The lowest BCUT2D eigenvalue weighted by Crippen LogP contribution is -2.32. The third-order valence-corrected chi connectivity index (χ3v) is 3.42. The number of hydrogen-bond acceptors (Lipinski definition) is 3. The SMILES string of the molecule is N#C[C@H](NC(=O)COc1ccc(Cl)cc1Cl)c1ccc(F)cc1. The maximum atomic E-state index is 12.9. The summed E-state index contributed by atoms with van der Waals surface area (Å²) in [6.45, 7) is -0.319. The Bertz CT molecular complexity index is 745. The van der Waals surface area contributed by atoms with Crippen LogP contribution in [0.15, 0.2) is 42.5 Å². The number of ether oxygens (including phenoxy) is 1. The smallest absolute Gasteiger partial charge is 0.259 e. The first-order valence-electron chi connectivity index (χ1n) is 6.52. The van der Waals surface area contributed by atoms with Crippen molar-refractivity contribution in [3.05, 3.63) is 63.9 Å². The fourth-order valence-corrected chi connectivity index (χ4v) is 2.25. The van der Waals surface area contributed by atoms with E-state index in [-0.39, 0.29) is 11.6 Å². The fraction of sp³-hybridized carbons (Fsp3) is 0.125. The number of amides is 1. The van der Waals surface area contributed by atoms with E-state index >= 15 is 0 Å². The van der Waals surface area contributed by atoms with Gasteiger partial charge < -0.3 is 10.1 Å². The lowest BCUT2D eigenvalue weighted by atomic mass is 10.1. The summed E-state index contributed by atoms with van der Waals surface area (Å²) >= 11 is 11.7. The van der Waals surface area contributed by atoms with Crippen LogP contribution in [-0.2, 0) is 4.79 Å². The molecule has 7 heteroatoms. The van der Waals surface area contributed by atoms with Crippen molar-refractivity contribution in [2.24, 2.45) is 0 Å². The molecule has 0 spiro atoms. The zero-order valence-electron chi connectivity index (χ0n) is 11.7. The Kier molecular flexibility index (Phi) is 5.80. The van der Waals surface area contributed by atoms with Crippen LogP contribution >= 0.6 is 23.2 Å². The molecular formula is C16H11Cl2FN2O2. The van der Waals surface area contributed by atoms with E-state index in [4.69, 9.17) is 33.2 Å². The van der Waals surface area contributed by atoms with Crippen LogP contribution in [0.1, 0.15) is 11.6 Å². The highest BCUT2D eigenvalue weighted by Gasteiger charge is 2.15. The molecular weight excluding hydrogens is 342 g/mol. The third kappa shape index (κ3) is 4.85. The molecule has 0 aliphatic carbocycles. The molecule has 1 amide bonds. The van der Waals surface area contributed by atoms with Crippen LogP contribution in [0, 0.1) is 17.1 Å². The second-order valence-electron chi connectivity index (χ2n) is 4.54. The quantitative estimate of drug-likeness (QED) is 0.887. The number of carbonyl (C=O) groups excluding carboxylic acids is 1. The van der Waals surface area contributed by atoms with Gasteiger partial charge in [-0.25, -0.2) is 4.39 Å². The normalized spacial score (nSPS) is 11.4. The van der Waals surface area contributed by atoms with Gasteiger partial charge in [0.25, 0.3) is 5.91 Å². The molecule has 23 heavy (non-hydrogen) atoms. The van der Waals surface area contributed by atoms with Crippen LogP contribution < -0.4 is 10.1 Å². The van der Waals surface area contributed by atoms with Crippen LogP contribution in [0.4, 0.5) is 4.39 Å². The number of halogens is 3. The zero-order chi connectivity index (χ0) is 16.8. The lowest BCUT2D eigenvalue weighted by Gasteiger charge is -2.13. The molecule has 2 aromatic rings. The summed E-state index contributed by atoms with van der Waals surface area (Å²) in [6.07, 6.45) is 0. The minimum absolute atomic E-state index is 0.278. The molecule has 4 nitrogen and oxygen atoms in total. The van der Waals surface area contributed by atoms with E-state index in [0.717, 1.165) is 0 Å². The lowest BCUT2D eigenvalue weighted by molar-refractivity contribution is -0.123. The highest BCUT2D eigenvalue weighted by atomic mass is 35.5. The molecule has 0 aliphatic heterocycles. The van der Waals surface area contributed by atoms with Crippen LogP contribution in [0.5, 0.6) is 5.75 Å². The average Bonchev–Trinajstić information content (AvgIpc) is 2.52. The second-order valence-corrected chi connectivity index (χ2v) is 5.39. The molecule has 0 saturated carbocycles. The third-order valence-electron chi connectivity index (χ3n) is 2.89. The van der Waals surface area contributed by atoms with E-state index in [2.05, 4.69) is 5.32 Å². The van der Waals surface area contributed by atoms with Crippen molar-refractivity contribution in [3.63, 3.8) is 0 Å². The van der Waals surface area contributed by atoms with Gasteiger partial charge in [-0.15, -0.1) is 0 Å². The first kappa shape index (κ1) is 17.1. The number of nitrogens with zero attached hydrogens (tertiary/aromatic N) is 1. The Morgan fingerprint density at radius 3 is 2.57 bits per heavy atom. The number of carbonyl (C=O) groups is 1. The molecule has 0 saturated heterocycles. The van der Waals surface area contributed by atoms with Crippen LogP contribution in [0.25, 0.3) is 0 Å². The van der Waals surface area contributed by atoms with Gasteiger partial charge in [-0.05, 0) is 35.9 Å². The maximum absolute atomic E-state index is 12.9. The van der Waals surface area contributed by atoms with Crippen molar-refractivity contribution in [2.75, 3.05) is 6.61 Å². The van der Waals surface area contributed by atoms with E-state index in [0.29, 0.717) is 16.3 Å². The summed E-state index contributed by atoms with van der Waals surface area (Å²) in [6, 6.07) is 10.9. The Hall–Kier alpha value is -2.29. The summed E-state index contributed by atoms with van der Waals surface area (Å²) in [5, 5.41) is 12.3. The summed E-state index contributed by atoms with van der Waals surface area (Å²) in [5.74, 6) is -0.620. The van der Waals surface area contributed by atoms with Gasteiger partial charge in [0.15, 0.2) is 6.61 Å². The Labute approximate surface area is 142 Å². The maximum Gasteiger partial charge on any atom is 0.259 e. The number of nitriles is 1. The van der Waals surface area contributed by atoms with Gasteiger partial charge >= 0.3 is 0 Å². The molecule has 1 N–H and O–H groups in total. The minimum Gasteiger partial charge on any atom is -0.482 e. The largest absolute Gasteiger partial charge is 0.482 e. The van der Waals surface area contributed by atoms with E-state index in [1.54, 1.807) is 12.1 Å². The van der Waals surface area contributed by atoms with Gasteiger partial charge in [0.2, 0.25) is 0 Å². The predicted molar refractivity (Wildman–Crippen MR) is 84.9 cm³/mol. The highest BCUT2D eigenvalue weighted by molar-refractivity contribution is 6.35. The Morgan fingerprint density at radius 1 is 1.26 bits per heavy atom. The van der Waals surface area contributed by atoms with Crippen molar-refractivity contribution in [3.8, 4) is 11.8 Å². The standard InChI is InChI=1S/C16H11Cl2FN2O2/c17-11-3-6-15(13(18)7-11)23-9-16(22)21-14(8-20)10-1-4-12(19)5-2-10/h1-7,14H,9H2,(H,21,22)/t14-/m0/s1.